The number of H-pyrrole nitrogens is 1. The Morgan fingerprint density at radius 1 is 1.09 bits per heavy atom. The summed E-state index contributed by atoms with van der Waals surface area (Å²) in [6, 6.07) is 17.9. The number of hydrogen-bond donors (Lipinski definition) is 2. The van der Waals surface area contributed by atoms with Crippen LogP contribution in [0.2, 0.25) is 0 Å². The maximum absolute atomic E-state index is 12.6. The number of amides is 1. The predicted molar refractivity (Wildman–Crippen MR) is 121 cm³/mol. The first-order valence-corrected chi connectivity index (χ1v) is 10.3. The molecule has 0 saturated carbocycles. The molecule has 5 rings (SSSR count). The Kier molecular flexibility index (Phi) is 4.82. The topological polar surface area (TPSA) is 102 Å². The van der Waals surface area contributed by atoms with Gasteiger partial charge in [-0.05, 0) is 43.7 Å². The molecule has 1 amide bonds. The van der Waals surface area contributed by atoms with Gasteiger partial charge in [0.2, 0.25) is 0 Å². The van der Waals surface area contributed by atoms with Crippen molar-refractivity contribution in [1.82, 2.24) is 30.2 Å². The Labute approximate surface area is 184 Å². The summed E-state index contributed by atoms with van der Waals surface area (Å²) < 4.78 is 6.97. The van der Waals surface area contributed by atoms with E-state index in [1.54, 1.807) is 17.7 Å². The second-order valence-corrected chi connectivity index (χ2v) is 7.84. The molecule has 2 aromatic carbocycles. The van der Waals surface area contributed by atoms with Gasteiger partial charge in [0.25, 0.3) is 11.8 Å². The number of nitrogens with zero attached hydrogens (tertiary/aromatic N) is 4. The van der Waals surface area contributed by atoms with Gasteiger partial charge in [-0.1, -0.05) is 41.1 Å². The third-order valence-electron chi connectivity index (χ3n) is 5.36. The van der Waals surface area contributed by atoms with Gasteiger partial charge in [-0.15, -0.1) is 0 Å². The average Bonchev–Trinajstić information content (AvgIpc) is 3.50. The van der Waals surface area contributed by atoms with Gasteiger partial charge >= 0.3 is 0 Å². The van der Waals surface area contributed by atoms with Crippen LogP contribution in [0.3, 0.4) is 0 Å². The normalized spacial score (nSPS) is 11.2. The molecule has 5 aromatic rings. The van der Waals surface area contributed by atoms with Gasteiger partial charge in [0.1, 0.15) is 5.69 Å². The number of carbonyl (C=O) groups excluding carboxylic acids is 1. The van der Waals surface area contributed by atoms with Gasteiger partial charge in [0.05, 0.1) is 5.69 Å². The molecule has 160 valence electrons. The van der Waals surface area contributed by atoms with Crippen LogP contribution in [0.25, 0.3) is 33.7 Å². The summed E-state index contributed by atoms with van der Waals surface area (Å²) in [5.74, 6) is 0.833. The van der Waals surface area contributed by atoms with E-state index in [0.29, 0.717) is 24.0 Å². The van der Waals surface area contributed by atoms with Gasteiger partial charge in [-0.3, -0.25) is 9.48 Å². The van der Waals surface area contributed by atoms with Crippen molar-refractivity contribution in [3.8, 4) is 22.8 Å². The maximum atomic E-state index is 12.6. The Hall–Kier alpha value is -4.20. The molecule has 0 saturated heterocycles. The number of rotatable bonds is 5. The fourth-order valence-corrected chi connectivity index (χ4v) is 3.64. The zero-order valence-electron chi connectivity index (χ0n) is 18.0. The van der Waals surface area contributed by atoms with Crippen molar-refractivity contribution < 1.29 is 9.32 Å². The summed E-state index contributed by atoms with van der Waals surface area (Å²) in [4.78, 5) is 20.2. The number of carbonyl (C=O) groups is 1. The Morgan fingerprint density at radius 2 is 1.91 bits per heavy atom. The summed E-state index contributed by atoms with van der Waals surface area (Å²) in [6.45, 7) is 4.28. The van der Waals surface area contributed by atoms with Crippen molar-refractivity contribution in [2.75, 3.05) is 0 Å². The molecule has 0 bridgehead atoms. The minimum atomic E-state index is -0.204. The summed E-state index contributed by atoms with van der Waals surface area (Å²) in [7, 11) is 1.83. The van der Waals surface area contributed by atoms with E-state index in [1.807, 2.05) is 62.5 Å². The van der Waals surface area contributed by atoms with Crippen molar-refractivity contribution in [2.24, 2.45) is 7.05 Å². The third-order valence-corrected chi connectivity index (χ3v) is 5.36. The van der Waals surface area contributed by atoms with E-state index in [2.05, 4.69) is 25.5 Å². The molecular formula is C24H22N6O2. The number of benzene rings is 2. The van der Waals surface area contributed by atoms with Crippen LogP contribution in [0.4, 0.5) is 0 Å². The molecule has 0 spiro atoms. The van der Waals surface area contributed by atoms with Crippen molar-refractivity contribution in [3.63, 3.8) is 0 Å². The fourth-order valence-electron chi connectivity index (χ4n) is 3.64. The minimum Gasteiger partial charge on any atom is -0.351 e. The smallest absolute Gasteiger partial charge is 0.274 e. The van der Waals surface area contributed by atoms with Crippen LogP contribution in [-0.2, 0) is 13.6 Å². The molecule has 32 heavy (non-hydrogen) atoms. The van der Waals surface area contributed by atoms with E-state index in [-0.39, 0.29) is 5.91 Å². The largest absolute Gasteiger partial charge is 0.351 e. The molecule has 0 aliphatic carbocycles. The second-order valence-electron chi connectivity index (χ2n) is 7.84. The first kappa shape index (κ1) is 19.7. The average molecular weight is 426 g/mol. The zero-order valence-corrected chi connectivity index (χ0v) is 18.0. The number of hydrogen-bond acceptors (Lipinski definition) is 5. The fraction of sp³-hybridized carbons (Fsp3) is 0.167. The minimum absolute atomic E-state index is 0.204. The number of aromatic nitrogens is 5. The monoisotopic (exact) mass is 426 g/mol. The Balaban J connectivity index is 1.37. The first-order chi connectivity index (χ1) is 15.5. The number of aromatic amines is 1. The molecule has 0 unspecified atom stereocenters. The summed E-state index contributed by atoms with van der Waals surface area (Å²) in [5.41, 5.74) is 6.14. The Bertz CT molecular complexity index is 1420. The number of nitrogens with one attached hydrogen (secondary N) is 2. The van der Waals surface area contributed by atoms with E-state index < -0.39 is 0 Å². The van der Waals surface area contributed by atoms with Gasteiger partial charge in [-0.2, -0.15) is 10.1 Å². The van der Waals surface area contributed by atoms with E-state index in [9.17, 15) is 4.79 Å². The molecular weight excluding hydrogens is 404 g/mol. The van der Waals surface area contributed by atoms with Gasteiger partial charge in [0.15, 0.2) is 11.5 Å². The van der Waals surface area contributed by atoms with Gasteiger partial charge in [0, 0.05) is 30.1 Å². The van der Waals surface area contributed by atoms with Gasteiger partial charge < -0.3 is 14.8 Å². The number of aryl methyl sites for hydroxylation is 3. The van der Waals surface area contributed by atoms with Crippen LogP contribution in [0.5, 0.6) is 0 Å². The second kappa shape index (κ2) is 7.81. The molecule has 3 aromatic heterocycles. The molecule has 8 heteroatoms. The summed E-state index contributed by atoms with van der Waals surface area (Å²) in [6.07, 6.45) is 0. The van der Waals surface area contributed by atoms with Crippen molar-refractivity contribution in [3.05, 3.63) is 77.2 Å². The highest BCUT2D eigenvalue weighted by atomic mass is 16.5. The Morgan fingerprint density at radius 3 is 2.66 bits per heavy atom. The lowest BCUT2D eigenvalue weighted by Crippen LogP contribution is -2.23. The quantitative estimate of drug-likeness (QED) is 0.439. The predicted octanol–water partition coefficient (Wildman–Crippen LogP) is 4.17. The van der Waals surface area contributed by atoms with Crippen LogP contribution in [0, 0.1) is 13.8 Å². The van der Waals surface area contributed by atoms with E-state index in [0.717, 1.165) is 33.4 Å². The van der Waals surface area contributed by atoms with Crippen molar-refractivity contribution in [1.29, 1.82) is 0 Å². The molecule has 3 heterocycles. The van der Waals surface area contributed by atoms with Crippen LogP contribution in [-0.4, -0.2) is 30.8 Å². The van der Waals surface area contributed by atoms with Crippen LogP contribution < -0.4 is 5.32 Å². The van der Waals surface area contributed by atoms with E-state index in [1.165, 1.54) is 5.56 Å². The molecule has 0 fully saturated rings. The van der Waals surface area contributed by atoms with Crippen molar-refractivity contribution in [2.45, 2.75) is 20.4 Å². The SMILES string of the molecule is Cc1ccc(CNC(=O)c2cc(-c3ccc4[nH]c(-c5nc(C)no5)cc4c3)n(C)n2)cc1. The lowest BCUT2D eigenvalue weighted by atomic mass is 10.1. The highest BCUT2D eigenvalue weighted by molar-refractivity contribution is 5.94. The highest BCUT2D eigenvalue weighted by Gasteiger charge is 2.15. The zero-order chi connectivity index (χ0) is 22.2. The summed E-state index contributed by atoms with van der Waals surface area (Å²) >= 11 is 0. The first-order valence-electron chi connectivity index (χ1n) is 10.3. The maximum Gasteiger partial charge on any atom is 0.274 e. The highest BCUT2D eigenvalue weighted by Crippen LogP contribution is 2.28. The lowest BCUT2D eigenvalue weighted by Gasteiger charge is -2.03. The van der Waals surface area contributed by atoms with Crippen LogP contribution in [0.15, 0.2) is 59.1 Å². The van der Waals surface area contributed by atoms with E-state index >= 15 is 0 Å². The van der Waals surface area contributed by atoms with Crippen LogP contribution in [0.1, 0.15) is 27.4 Å². The molecule has 0 radical (unpaired) electrons. The molecule has 0 atom stereocenters. The number of fused-ring (bicyclic) bond motifs is 1. The van der Waals surface area contributed by atoms with E-state index in [4.69, 9.17) is 4.52 Å². The molecule has 2 N–H and O–H groups in total. The standard InChI is InChI=1S/C24H22N6O2/c1-14-4-6-16(7-5-14)13-25-23(31)20-12-22(30(3)28-20)17-8-9-19-18(10-17)11-21(27-19)24-26-15(2)29-32-24/h4-12,27H,13H2,1-3H3,(H,25,31). The molecule has 0 aliphatic rings. The molecule has 8 nitrogen and oxygen atoms in total. The summed E-state index contributed by atoms with van der Waals surface area (Å²) in [5, 5.41) is 12.2. The van der Waals surface area contributed by atoms with Crippen LogP contribution >= 0.6 is 0 Å². The molecule has 0 aliphatic heterocycles. The lowest BCUT2D eigenvalue weighted by molar-refractivity contribution is 0.0945. The third kappa shape index (κ3) is 3.78. The van der Waals surface area contributed by atoms with Crippen molar-refractivity contribution >= 4 is 16.8 Å². The van der Waals surface area contributed by atoms with Gasteiger partial charge in [-0.25, -0.2) is 0 Å².